The highest BCUT2D eigenvalue weighted by Gasteiger charge is 2.13. The van der Waals surface area contributed by atoms with Crippen molar-refractivity contribution in [2.75, 3.05) is 32.5 Å². The number of amides is 1. The van der Waals surface area contributed by atoms with Crippen molar-refractivity contribution >= 4 is 11.6 Å². The Kier molecular flexibility index (Phi) is 4.79. The van der Waals surface area contributed by atoms with Crippen LogP contribution in [0.15, 0.2) is 24.3 Å². The molecule has 0 saturated heterocycles. The number of nitrogens with zero attached hydrogens (tertiary/aromatic N) is 1. The van der Waals surface area contributed by atoms with E-state index < -0.39 is 0 Å². The maximum absolute atomic E-state index is 12.0. The SMILES string of the molecule is CCN(CCOC)C(=O)c1ccc(N)cc1. The van der Waals surface area contributed by atoms with Crippen molar-refractivity contribution < 1.29 is 9.53 Å². The van der Waals surface area contributed by atoms with Crippen LogP contribution >= 0.6 is 0 Å². The second kappa shape index (κ2) is 6.12. The number of hydrogen-bond donors (Lipinski definition) is 1. The normalized spacial score (nSPS) is 10.1. The highest BCUT2D eigenvalue weighted by molar-refractivity contribution is 5.94. The summed E-state index contributed by atoms with van der Waals surface area (Å²) in [4.78, 5) is 13.8. The van der Waals surface area contributed by atoms with Gasteiger partial charge in [0.05, 0.1) is 6.61 Å². The number of carbonyl (C=O) groups is 1. The van der Waals surface area contributed by atoms with E-state index in [2.05, 4.69) is 0 Å². The lowest BCUT2D eigenvalue weighted by Gasteiger charge is -2.20. The predicted molar refractivity (Wildman–Crippen MR) is 64.3 cm³/mol. The first-order valence-electron chi connectivity index (χ1n) is 5.32. The van der Waals surface area contributed by atoms with Gasteiger partial charge in [0.1, 0.15) is 0 Å². The molecule has 0 heterocycles. The van der Waals surface area contributed by atoms with Crippen LogP contribution in [0.2, 0.25) is 0 Å². The predicted octanol–water partition coefficient (Wildman–Crippen LogP) is 1.38. The van der Waals surface area contributed by atoms with Crippen LogP contribution < -0.4 is 5.73 Å². The van der Waals surface area contributed by atoms with E-state index in [1.165, 1.54) is 0 Å². The van der Waals surface area contributed by atoms with Crippen molar-refractivity contribution in [2.45, 2.75) is 6.92 Å². The molecule has 0 fully saturated rings. The Bertz CT molecular complexity index is 335. The summed E-state index contributed by atoms with van der Waals surface area (Å²) in [5, 5.41) is 0. The Morgan fingerprint density at radius 3 is 2.50 bits per heavy atom. The van der Waals surface area contributed by atoms with Gasteiger partial charge in [-0.25, -0.2) is 0 Å². The number of methoxy groups -OCH3 is 1. The molecular formula is C12H18N2O2. The van der Waals surface area contributed by atoms with E-state index in [9.17, 15) is 4.79 Å². The molecule has 1 rings (SSSR count). The number of nitrogens with two attached hydrogens (primary N) is 1. The van der Waals surface area contributed by atoms with Gasteiger partial charge in [0, 0.05) is 31.5 Å². The standard InChI is InChI=1S/C12H18N2O2/c1-3-14(8-9-16-2)12(15)10-4-6-11(13)7-5-10/h4-7H,3,8-9,13H2,1-2H3. The molecule has 0 saturated carbocycles. The molecule has 2 N–H and O–H groups in total. The van der Waals surface area contributed by atoms with Gasteiger partial charge in [-0.3, -0.25) is 4.79 Å². The highest BCUT2D eigenvalue weighted by Crippen LogP contribution is 2.08. The smallest absolute Gasteiger partial charge is 0.253 e. The molecule has 0 spiro atoms. The number of benzene rings is 1. The van der Waals surface area contributed by atoms with Gasteiger partial charge in [0.25, 0.3) is 5.91 Å². The van der Waals surface area contributed by atoms with Gasteiger partial charge in [0.2, 0.25) is 0 Å². The number of anilines is 1. The number of nitrogen functional groups attached to an aromatic ring is 1. The largest absolute Gasteiger partial charge is 0.399 e. The molecule has 1 amide bonds. The molecular weight excluding hydrogens is 204 g/mol. The van der Waals surface area contributed by atoms with Crippen LogP contribution in [0.1, 0.15) is 17.3 Å². The molecule has 0 atom stereocenters. The Balaban J connectivity index is 2.70. The quantitative estimate of drug-likeness (QED) is 0.766. The summed E-state index contributed by atoms with van der Waals surface area (Å²) in [5.74, 6) is 0.0135. The molecule has 0 aliphatic carbocycles. The fourth-order valence-electron chi connectivity index (χ4n) is 1.41. The molecule has 16 heavy (non-hydrogen) atoms. The molecule has 0 aromatic heterocycles. The average Bonchev–Trinajstić information content (AvgIpc) is 2.30. The maximum atomic E-state index is 12.0. The lowest BCUT2D eigenvalue weighted by Crippen LogP contribution is -2.33. The first-order chi connectivity index (χ1) is 7.69. The number of rotatable bonds is 5. The molecule has 4 nitrogen and oxygen atoms in total. The summed E-state index contributed by atoms with van der Waals surface area (Å²) in [6.45, 7) is 3.78. The van der Waals surface area contributed by atoms with E-state index in [1.54, 1.807) is 36.3 Å². The summed E-state index contributed by atoms with van der Waals surface area (Å²) < 4.78 is 4.97. The number of likely N-dealkylation sites (N-methyl/N-ethyl adjacent to an activating group) is 1. The molecule has 1 aromatic carbocycles. The minimum atomic E-state index is 0.0135. The number of carbonyl (C=O) groups excluding carboxylic acids is 1. The average molecular weight is 222 g/mol. The molecule has 88 valence electrons. The second-order valence-corrected chi connectivity index (χ2v) is 3.50. The van der Waals surface area contributed by atoms with Gasteiger partial charge < -0.3 is 15.4 Å². The molecule has 0 aliphatic heterocycles. The Labute approximate surface area is 96.0 Å². The van der Waals surface area contributed by atoms with Crippen LogP contribution in [0, 0.1) is 0 Å². The van der Waals surface area contributed by atoms with Crippen molar-refractivity contribution in [3.8, 4) is 0 Å². The van der Waals surface area contributed by atoms with Crippen LogP contribution in [-0.4, -0.2) is 37.6 Å². The van der Waals surface area contributed by atoms with E-state index in [0.29, 0.717) is 30.9 Å². The van der Waals surface area contributed by atoms with E-state index in [-0.39, 0.29) is 5.91 Å². The van der Waals surface area contributed by atoms with Gasteiger partial charge in [0.15, 0.2) is 0 Å². The summed E-state index contributed by atoms with van der Waals surface area (Å²) in [7, 11) is 1.63. The third kappa shape index (κ3) is 3.24. The zero-order valence-electron chi connectivity index (χ0n) is 9.77. The van der Waals surface area contributed by atoms with Crippen molar-refractivity contribution in [2.24, 2.45) is 0 Å². The highest BCUT2D eigenvalue weighted by atomic mass is 16.5. The van der Waals surface area contributed by atoms with Crippen molar-refractivity contribution in [3.63, 3.8) is 0 Å². The third-order valence-electron chi connectivity index (χ3n) is 2.39. The minimum absolute atomic E-state index is 0.0135. The van der Waals surface area contributed by atoms with Gasteiger partial charge in [-0.2, -0.15) is 0 Å². The van der Waals surface area contributed by atoms with Crippen LogP contribution in [0.25, 0.3) is 0 Å². The first-order valence-corrected chi connectivity index (χ1v) is 5.32. The zero-order chi connectivity index (χ0) is 12.0. The third-order valence-corrected chi connectivity index (χ3v) is 2.39. The van der Waals surface area contributed by atoms with Gasteiger partial charge in [-0.1, -0.05) is 0 Å². The molecule has 0 radical (unpaired) electrons. The van der Waals surface area contributed by atoms with E-state index >= 15 is 0 Å². The summed E-state index contributed by atoms with van der Waals surface area (Å²) >= 11 is 0. The van der Waals surface area contributed by atoms with Gasteiger partial charge in [-0.15, -0.1) is 0 Å². The second-order valence-electron chi connectivity index (χ2n) is 3.50. The van der Waals surface area contributed by atoms with Gasteiger partial charge in [-0.05, 0) is 31.2 Å². The monoisotopic (exact) mass is 222 g/mol. The van der Waals surface area contributed by atoms with Crippen molar-refractivity contribution in [3.05, 3.63) is 29.8 Å². The minimum Gasteiger partial charge on any atom is -0.399 e. The van der Waals surface area contributed by atoms with Crippen LogP contribution in [0.5, 0.6) is 0 Å². The fourth-order valence-corrected chi connectivity index (χ4v) is 1.41. The number of ether oxygens (including phenoxy) is 1. The fraction of sp³-hybridized carbons (Fsp3) is 0.417. The Morgan fingerprint density at radius 2 is 2.00 bits per heavy atom. The lowest BCUT2D eigenvalue weighted by atomic mass is 10.2. The molecule has 1 aromatic rings. The first kappa shape index (κ1) is 12.5. The summed E-state index contributed by atoms with van der Waals surface area (Å²) in [6, 6.07) is 6.95. The molecule has 0 unspecified atom stereocenters. The van der Waals surface area contributed by atoms with E-state index in [0.717, 1.165) is 0 Å². The molecule has 0 aliphatic rings. The molecule has 4 heteroatoms. The zero-order valence-corrected chi connectivity index (χ0v) is 9.77. The summed E-state index contributed by atoms with van der Waals surface area (Å²) in [5.41, 5.74) is 6.89. The topological polar surface area (TPSA) is 55.6 Å². The van der Waals surface area contributed by atoms with Crippen molar-refractivity contribution in [1.82, 2.24) is 4.90 Å². The maximum Gasteiger partial charge on any atom is 0.253 e. The van der Waals surface area contributed by atoms with Gasteiger partial charge >= 0.3 is 0 Å². The lowest BCUT2D eigenvalue weighted by molar-refractivity contribution is 0.0706. The molecule has 0 bridgehead atoms. The van der Waals surface area contributed by atoms with Crippen LogP contribution in [0.3, 0.4) is 0 Å². The van der Waals surface area contributed by atoms with E-state index in [1.807, 2.05) is 6.92 Å². The summed E-state index contributed by atoms with van der Waals surface area (Å²) in [6.07, 6.45) is 0. The van der Waals surface area contributed by atoms with E-state index in [4.69, 9.17) is 10.5 Å². The van der Waals surface area contributed by atoms with Crippen LogP contribution in [0.4, 0.5) is 5.69 Å². The Hall–Kier alpha value is -1.55. The number of hydrogen-bond acceptors (Lipinski definition) is 3. The van der Waals surface area contributed by atoms with Crippen LogP contribution in [-0.2, 0) is 4.74 Å². The Morgan fingerprint density at radius 1 is 1.38 bits per heavy atom. The van der Waals surface area contributed by atoms with Crippen molar-refractivity contribution in [1.29, 1.82) is 0 Å².